The van der Waals surface area contributed by atoms with Crippen LogP contribution in [0.15, 0.2) is 0 Å². The largest absolute Gasteiger partial charge is 0.487 e. The first kappa shape index (κ1) is 6.19. The first-order valence-corrected chi connectivity index (χ1v) is 2.37. The molecule has 0 aliphatic carbocycles. The van der Waals surface area contributed by atoms with Gasteiger partial charge in [-0.25, -0.2) is 0 Å². The summed E-state index contributed by atoms with van der Waals surface area (Å²) >= 11 is 5.07. The van der Waals surface area contributed by atoms with Crippen molar-refractivity contribution in [3.05, 3.63) is 0 Å². The molecule has 5 heteroatoms. The molecule has 1 aliphatic rings. The van der Waals surface area contributed by atoms with Gasteiger partial charge in [0.05, 0.1) is 6.61 Å². The number of hydrogen-bond donors (Lipinski definition) is 0. The minimum Gasteiger partial charge on any atom is -0.292 e. The second kappa shape index (κ2) is 1.79. The van der Waals surface area contributed by atoms with Crippen LogP contribution in [0.25, 0.3) is 0 Å². The topological polar surface area (TPSA) is 18.5 Å². The lowest BCUT2D eigenvalue weighted by Gasteiger charge is -2.02. The van der Waals surface area contributed by atoms with Crippen LogP contribution in [-0.4, -0.2) is 18.5 Å². The molecule has 0 radical (unpaired) electrons. The zero-order valence-electron chi connectivity index (χ0n) is 3.73. The highest BCUT2D eigenvalue weighted by molar-refractivity contribution is 6.19. The van der Waals surface area contributed by atoms with Crippen molar-refractivity contribution in [1.82, 2.24) is 0 Å². The van der Waals surface area contributed by atoms with E-state index in [0.29, 0.717) is 0 Å². The summed E-state index contributed by atoms with van der Waals surface area (Å²) in [7, 11) is 0. The number of hydrogen-bond acceptors (Lipinski definition) is 2. The molecular formula is C3H3ClF2O2. The van der Waals surface area contributed by atoms with E-state index in [1.807, 2.05) is 0 Å². The van der Waals surface area contributed by atoms with E-state index >= 15 is 0 Å². The number of rotatable bonds is 0. The smallest absolute Gasteiger partial charge is 0.292 e. The minimum atomic E-state index is -3.47. The molecule has 1 unspecified atom stereocenters. The Bertz CT molecular complexity index is 97.3. The van der Waals surface area contributed by atoms with E-state index in [9.17, 15) is 8.78 Å². The van der Waals surface area contributed by atoms with Gasteiger partial charge in [-0.1, -0.05) is 11.6 Å². The molecule has 0 bridgehead atoms. The van der Waals surface area contributed by atoms with E-state index in [1.54, 1.807) is 0 Å². The van der Waals surface area contributed by atoms with Crippen molar-refractivity contribution in [3.63, 3.8) is 0 Å². The molecule has 0 amide bonds. The normalized spacial score (nSPS) is 35.6. The van der Waals surface area contributed by atoms with E-state index < -0.39 is 11.9 Å². The molecule has 0 aromatic carbocycles. The maximum atomic E-state index is 11.7. The number of halogens is 3. The average Bonchev–Trinajstić information content (AvgIpc) is 1.82. The Morgan fingerprint density at radius 2 is 2.25 bits per heavy atom. The molecule has 0 N–H and O–H groups in total. The molecule has 8 heavy (non-hydrogen) atoms. The first-order chi connectivity index (χ1) is 3.60. The molecule has 0 aromatic rings. The lowest BCUT2D eigenvalue weighted by Crippen LogP contribution is -2.15. The Morgan fingerprint density at radius 3 is 2.38 bits per heavy atom. The number of alkyl halides is 3. The summed E-state index contributed by atoms with van der Waals surface area (Å²) in [6, 6.07) is 0. The molecule has 2 nitrogen and oxygen atoms in total. The Labute approximate surface area is 49.3 Å². The summed E-state index contributed by atoms with van der Waals surface area (Å²) in [6.07, 6.45) is -3.47. The van der Waals surface area contributed by atoms with Gasteiger partial charge in [-0.15, -0.1) is 8.78 Å². The van der Waals surface area contributed by atoms with Gasteiger partial charge >= 0.3 is 6.29 Å². The van der Waals surface area contributed by atoms with Gasteiger partial charge < -0.3 is 0 Å². The fourth-order valence-electron chi connectivity index (χ4n) is 0.379. The van der Waals surface area contributed by atoms with Crippen molar-refractivity contribution in [2.45, 2.75) is 11.9 Å². The molecule has 0 aromatic heterocycles. The lowest BCUT2D eigenvalue weighted by molar-refractivity contribution is -0.342. The summed E-state index contributed by atoms with van der Waals surface area (Å²) < 4.78 is 30.9. The van der Waals surface area contributed by atoms with Crippen LogP contribution in [0.4, 0.5) is 8.78 Å². The van der Waals surface area contributed by atoms with Gasteiger partial charge in [-0.2, -0.15) is 0 Å². The van der Waals surface area contributed by atoms with Gasteiger partial charge in [-0.3, -0.25) is 9.47 Å². The fourth-order valence-corrected chi connectivity index (χ4v) is 0.546. The predicted molar refractivity (Wildman–Crippen MR) is 21.6 cm³/mol. The van der Waals surface area contributed by atoms with Crippen LogP contribution >= 0.6 is 11.6 Å². The van der Waals surface area contributed by atoms with E-state index in [4.69, 9.17) is 11.6 Å². The van der Waals surface area contributed by atoms with Crippen molar-refractivity contribution in [2.75, 3.05) is 6.61 Å². The molecule has 48 valence electrons. The molecule has 1 saturated heterocycles. The van der Waals surface area contributed by atoms with E-state index in [0.717, 1.165) is 0 Å². The van der Waals surface area contributed by atoms with Crippen LogP contribution in [0.2, 0.25) is 0 Å². The standard InChI is InChI=1S/C3H3ClF2O2/c4-2-1-7-3(5,6)8-2/h2H,1H2. The summed E-state index contributed by atoms with van der Waals surface area (Å²) in [5, 5.41) is 0. The highest BCUT2D eigenvalue weighted by Gasteiger charge is 2.41. The maximum Gasteiger partial charge on any atom is 0.487 e. The van der Waals surface area contributed by atoms with Crippen molar-refractivity contribution in [1.29, 1.82) is 0 Å². The summed E-state index contributed by atoms with van der Waals surface area (Å²) in [5.41, 5.74) is -1.01. The van der Waals surface area contributed by atoms with E-state index in [2.05, 4.69) is 9.47 Å². The van der Waals surface area contributed by atoms with Crippen LogP contribution in [0.5, 0.6) is 0 Å². The predicted octanol–water partition coefficient (Wildman–Crippen LogP) is 1.15. The summed E-state index contributed by atoms with van der Waals surface area (Å²) in [5.74, 6) is 0. The molecule has 0 saturated carbocycles. The van der Waals surface area contributed by atoms with Gasteiger partial charge in [0.15, 0.2) is 5.56 Å². The van der Waals surface area contributed by atoms with Crippen LogP contribution in [0, 0.1) is 0 Å². The second-order valence-corrected chi connectivity index (χ2v) is 1.79. The van der Waals surface area contributed by atoms with Crippen LogP contribution in [0.3, 0.4) is 0 Å². The first-order valence-electron chi connectivity index (χ1n) is 1.94. The third-order valence-corrected chi connectivity index (χ3v) is 0.863. The average molecular weight is 145 g/mol. The second-order valence-electron chi connectivity index (χ2n) is 1.30. The quantitative estimate of drug-likeness (QED) is 0.475. The third-order valence-electron chi connectivity index (χ3n) is 0.647. The molecule has 1 heterocycles. The summed E-state index contributed by atoms with van der Waals surface area (Å²) in [6.45, 7) is -0.255. The highest BCUT2D eigenvalue weighted by atomic mass is 35.5. The zero-order valence-corrected chi connectivity index (χ0v) is 4.49. The SMILES string of the molecule is FC1(F)OCC(Cl)O1. The van der Waals surface area contributed by atoms with E-state index in [1.165, 1.54) is 0 Å². The Kier molecular flexibility index (Phi) is 1.38. The fraction of sp³-hybridized carbons (Fsp3) is 1.00. The molecule has 1 fully saturated rings. The molecule has 1 atom stereocenters. The zero-order chi connectivity index (χ0) is 6.20. The molecule has 1 rings (SSSR count). The summed E-state index contributed by atoms with van der Waals surface area (Å²) in [4.78, 5) is 0. The lowest BCUT2D eigenvalue weighted by atomic mass is 10.8. The Balaban J connectivity index is 2.44. The highest BCUT2D eigenvalue weighted by Crippen LogP contribution is 2.27. The van der Waals surface area contributed by atoms with Crippen molar-refractivity contribution >= 4 is 11.6 Å². The molecule has 0 spiro atoms. The van der Waals surface area contributed by atoms with Crippen molar-refractivity contribution in [2.24, 2.45) is 0 Å². The van der Waals surface area contributed by atoms with Crippen LogP contribution in [0.1, 0.15) is 0 Å². The molecule has 1 aliphatic heterocycles. The van der Waals surface area contributed by atoms with Gasteiger partial charge in [-0.05, 0) is 0 Å². The van der Waals surface area contributed by atoms with Crippen molar-refractivity contribution < 1.29 is 18.3 Å². The van der Waals surface area contributed by atoms with Crippen molar-refractivity contribution in [3.8, 4) is 0 Å². The van der Waals surface area contributed by atoms with Gasteiger partial charge in [0.2, 0.25) is 0 Å². The van der Waals surface area contributed by atoms with Gasteiger partial charge in [0.25, 0.3) is 0 Å². The number of ether oxygens (including phenoxy) is 2. The Morgan fingerprint density at radius 1 is 1.62 bits per heavy atom. The van der Waals surface area contributed by atoms with E-state index in [-0.39, 0.29) is 6.61 Å². The third kappa shape index (κ3) is 1.27. The molecular weight excluding hydrogens is 141 g/mol. The van der Waals surface area contributed by atoms with Crippen LogP contribution in [-0.2, 0) is 9.47 Å². The Hall–Kier alpha value is 0.0700. The monoisotopic (exact) mass is 144 g/mol. The minimum absolute atomic E-state index is 0.255. The van der Waals surface area contributed by atoms with Crippen LogP contribution < -0.4 is 0 Å². The maximum absolute atomic E-state index is 11.7. The van der Waals surface area contributed by atoms with Gasteiger partial charge in [0, 0.05) is 0 Å². The van der Waals surface area contributed by atoms with Gasteiger partial charge in [0.1, 0.15) is 0 Å².